The molecule has 3 amide bonds. The number of carbonyl (C=O) groups excluding carboxylic acids is 4. The molecule has 0 spiro atoms. The third kappa shape index (κ3) is 3.78. The number of esters is 1. The summed E-state index contributed by atoms with van der Waals surface area (Å²) in [5, 5.41) is 2.68. The lowest BCUT2D eigenvalue weighted by atomic mass is 9.85. The summed E-state index contributed by atoms with van der Waals surface area (Å²) in [6.07, 6.45) is 4.93. The fraction of sp³-hybridized carbons (Fsp3) is 0.280. The first-order valence-corrected chi connectivity index (χ1v) is 11.5. The van der Waals surface area contributed by atoms with Crippen molar-refractivity contribution in [1.82, 2.24) is 0 Å². The molecule has 1 N–H and O–H groups in total. The van der Waals surface area contributed by atoms with E-state index in [-0.39, 0.29) is 41.0 Å². The van der Waals surface area contributed by atoms with Gasteiger partial charge in [0.25, 0.3) is 5.91 Å². The third-order valence-corrected chi connectivity index (χ3v) is 7.48. The zero-order chi connectivity index (χ0) is 23.3. The molecule has 7 nitrogen and oxygen atoms in total. The molecule has 2 aromatic carbocycles. The molecule has 168 valence electrons. The van der Waals surface area contributed by atoms with E-state index in [0.717, 1.165) is 16.5 Å². The summed E-state index contributed by atoms with van der Waals surface area (Å²) < 4.78 is 6.07. The number of allylic oxidation sites excluding steroid dienone is 2. The minimum atomic E-state index is -0.708. The predicted molar refractivity (Wildman–Crippen MR) is 124 cm³/mol. The number of amides is 3. The first kappa shape index (κ1) is 21.6. The highest BCUT2D eigenvalue weighted by Gasteiger charge is 2.59. The second-order valence-electron chi connectivity index (χ2n) is 8.65. The van der Waals surface area contributed by atoms with Crippen LogP contribution in [-0.4, -0.2) is 30.3 Å². The summed E-state index contributed by atoms with van der Waals surface area (Å²) in [6.45, 7) is 1.44. The number of fused-ring (bicyclic) bond motifs is 5. The van der Waals surface area contributed by atoms with Gasteiger partial charge >= 0.3 is 5.97 Å². The summed E-state index contributed by atoms with van der Waals surface area (Å²) in [5.41, 5.74) is 2.07. The van der Waals surface area contributed by atoms with Crippen molar-refractivity contribution < 1.29 is 23.9 Å². The quantitative estimate of drug-likeness (QED) is 0.376. The Morgan fingerprint density at radius 3 is 2.42 bits per heavy atom. The molecule has 33 heavy (non-hydrogen) atoms. The van der Waals surface area contributed by atoms with Gasteiger partial charge in [-0.2, -0.15) is 0 Å². The highest BCUT2D eigenvalue weighted by Crippen LogP contribution is 2.53. The van der Waals surface area contributed by atoms with E-state index >= 15 is 0 Å². The van der Waals surface area contributed by atoms with Crippen molar-refractivity contribution in [3.05, 3.63) is 70.2 Å². The topological polar surface area (TPSA) is 92.8 Å². The first-order valence-electron chi connectivity index (χ1n) is 10.7. The van der Waals surface area contributed by atoms with Crippen LogP contribution in [0, 0.1) is 30.6 Å². The summed E-state index contributed by atoms with van der Waals surface area (Å²) in [6, 6.07) is 11.6. The van der Waals surface area contributed by atoms with E-state index in [1.165, 1.54) is 17.0 Å². The summed E-state index contributed by atoms with van der Waals surface area (Å²) in [4.78, 5) is 51.9. The van der Waals surface area contributed by atoms with Gasteiger partial charge in [-0.25, -0.2) is 9.69 Å². The Kier molecular flexibility index (Phi) is 5.40. The molecule has 0 aromatic heterocycles. The molecule has 0 unspecified atom stereocenters. The van der Waals surface area contributed by atoms with Crippen molar-refractivity contribution in [2.75, 3.05) is 16.8 Å². The fourth-order valence-corrected chi connectivity index (χ4v) is 5.31. The highest BCUT2D eigenvalue weighted by atomic mass is 79.9. The number of hydrogen-bond donors (Lipinski definition) is 1. The molecular formula is C25H21BrN2O5. The number of imide groups is 1. The van der Waals surface area contributed by atoms with E-state index in [1.54, 1.807) is 24.3 Å². The Morgan fingerprint density at radius 1 is 1.06 bits per heavy atom. The number of halogens is 1. The van der Waals surface area contributed by atoms with Gasteiger partial charge in [0.15, 0.2) is 6.61 Å². The van der Waals surface area contributed by atoms with Gasteiger partial charge in [-0.1, -0.05) is 34.1 Å². The highest BCUT2D eigenvalue weighted by molar-refractivity contribution is 9.10. The molecule has 1 heterocycles. The van der Waals surface area contributed by atoms with Crippen LogP contribution in [0.15, 0.2) is 59.1 Å². The zero-order valence-corrected chi connectivity index (χ0v) is 19.4. The van der Waals surface area contributed by atoms with Crippen molar-refractivity contribution in [1.29, 1.82) is 0 Å². The minimum absolute atomic E-state index is 0.114. The molecule has 2 aromatic rings. The van der Waals surface area contributed by atoms with Gasteiger partial charge in [0.2, 0.25) is 11.8 Å². The summed E-state index contributed by atoms with van der Waals surface area (Å²) in [7, 11) is 0. The number of ether oxygens (including phenoxy) is 1. The van der Waals surface area contributed by atoms with Crippen molar-refractivity contribution >= 4 is 51.0 Å². The van der Waals surface area contributed by atoms with Gasteiger partial charge in [-0.3, -0.25) is 14.4 Å². The Morgan fingerprint density at radius 2 is 1.76 bits per heavy atom. The molecule has 3 aliphatic rings. The van der Waals surface area contributed by atoms with Crippen LogP contribution in [0.5, 0.6) is 0 Å². The number of rotatable bonds is 5. The number of nitrogens with zero attached hydrogens (tertiary/aromatic N) is 1. The normalized spacial score (nSPS) is 24.8. The average Bonchev–Trinajstić information content (AvgIpc) is 3.48. The van der Waals surface area contributed by atoms with E-state index in [0.29, 0.717) is 11.4 Å². The summed E-state index contributed by atoms with van der Waals surface area (Å²) >= 11 is 3.40. The van der Waals surface area contributed by atoms with Gasteiger partial charge < -0.3 is 10.1 Å². The van der Waals surface area contributed by atoms with Crippen molar-refractivity contribution in [2.24, 2.45) is 23.7 Å². The number of nitrogens with one attached hydrogen (secondary N) is 1. The van der Waals surface area contributed by atoms with Crippen LogP contribution in [0.3, 0.4) is 0 Å². The van der Waals surface area contributed by atoms with E-state index in [1.807, 2.05) is 25.1 Å². The molecule has 0 radical (unpaired) electrons. The van der Waals surface area contributed by atoms with Gasteiger partial charge in [-0.15, -0.1) is 0 Å². The van der Waals surface area contributed by atoms with Crippen molar-refractivity contribution in [3.63, 3.8) is 0 Å². The molecule has 8 heteroatoms. The summed E-state index contributed by atoms with van der Waals surface area (Å²) in [5.74, 6) is -2.00. The maximum Gasteiger partial charge on any atom is 0.338 e. The molecule has 2 aliphatic carbocycles. The van der Waals surface area contributed by atoms with Gasteiger partial charge in [0.1, 0.15) is 0 Å². The molecular weight excluding hydrogens is 488 g/mol. The monoisotopic (exact) mass is 508 g/mol. The Labute approximate surface area is 198 Å². The van der Waals surface area contributed by atoms with Crippen LogP contribution in [0.4, 0.5) is 11.4 Å². The largest absolute Gasteiger partial charge is 0.452 e. The smallest absolute Gasteiger partial charge is 0.338 e. The molecule has 2 fully saturated rings. The maximum atomic E-state index is 13.0. The number of benzene rings is 2. The van der Waals surface area contributed by atoms with Gasteiger partial charge in [-0.05, 0) is 67.1 Å². The fourth-order valence-electron chi connectivity index (χ4n) is 5.06. The Hall–Kier alpha value is -3.26. The van der Waals surface area contributed by atoms with Gasteiger partial charge in [0.05, 0.1) is 23.1 Å². The second-order valence-corrected chi connectivity index (χ2v) is 9.50. The molecule has 1 aliphatic heterocycles. The molecule has 1 saturated carbocycles. The zero-order valence-electron chi connectivity index (χ0n) is 17.8. The van der Waals surface area contributed by atoms with E-state index in [2.05, 4.69) is 21.2 Å². The number of hydrogen-bond acceptors (Lipinski definition) is 5. The molecule has 4 atom stereocenters. The van der Waals surface area contributed by atoms with Crippen molar-refractivity contribution in [3.8, 4) is 0 Å². The van der Waals surface area contributed by atoms with Crippen LogP contribution in [-0.2, 0) is 19.1 Å². The van der Waals surface area contributed by atoms with Crippen LogP contribution >= 0.6 is 15.9 Å². The van der Waals surface area contributed by atoms with Gasteiger partial charge in [0, 0.05) is 10.2 Å². The molecule has 1 saturated heterocycles. The van der Waals surface area contributed by atoms with Crippen LogP contribution in [0.25, 0.3) is 0 Å². The first-order chi connectivity index (χ1) is 15.8. The maximum absolute atomic E-state index is 13.0. The lowest BCUT2D eigenvalue weighted by Gasteiger charge is -2.18. The number of carbonyl (C=O) groups is 4. The third-order valence-electron chi connectivity index (χ3n) is 6.59. The second kappa shape index (κ2) is 8.26. The number of aryl methyl sites for hydroxylation is 1. The van der Waals surface area contributed by atoms with E-state index in [4.69, 9.17) is 4.74 Å². The Balaban J connectivity index is 1.24. The van der Waals surface area contributed by atoms with Crippen LogP contribution in [0.2, 0.25) is 0 Å². The van der Waals surface area contributed by atoms with E-state index in [9.17, 15) is 19.2 Å². The Bertz CT molecular complexity index is 1190. The van der Waals surface area contributed by atoms with Crippen molar-refractivity contribution in [2.45, 2.75) is 13.3 Å². The molecule has 2 bridgehead atoms. The van der Waals surface area contributed by atoms with E-state index < -0.39 is 18.5 Å². The number of anilines is 2. The SMILES string of the molecule is Cc1cc(NC(=O)COC(=O)c2cccc(N3C(=O)[C@@H]4[C@H](C3=O)[C@H]3C=C[C@H]4C3)c2)ccc1Br. The lowest BCUT2D eigenvalue weighted by Crippen LogP contribution is -2.33. The lowest BCUT2D eigenvalue weighted by molar-refractivity contribution is -0.123. The molecule has 5 rings (SSSR count). The minimum Gasteiger partial charge on any atom is -0.452 e. The average molecular weight is 509 g/mol. The predicted octanol–water partition coefficient (Wildman–Crippen LogP) is 3.86. The standard InChI is InChI=1S/C25H21BrN2O5/c1-13-9-17(7-8-19(13)26)27-20(29)12-33-25(32)16-3-2-4-18(11-16)28-23(30)21-14-5-6-15(10-14)22(21)24(28)31/h2-9,11,14-15,21-22H,10,12H2,1H3,(H,27,29)/t14-,15-,21-,22+/m0/s1. The van der Waals surface area contributed by atoms with Crippen LogP contribution < -0.4 is 10.2 Å². The van der Waals surface area contributed by atoms with Crippen LogP contribution in [0.1, 0.15) is 22.3 Å².